The summed E-state index contributed by atoms with van der Waals surface area (Å²) in [4.78, 5) is 0. The van der Waals surface area contributed by atoms with Gasteiger partial charge in [-0.25, -0.2) is 0 Å². The Morgan fingerprint density at radius 3 is 2.57 bits per heavy atom. The molecular weight excluding hydrogens is 176 g/mol. The molecule has 0 spiro atoms. The molecule has 0 aliphatic rings. The van der Waals surface area contributed by atoms with Gasteiger partial charge in [0.05, 0.1) is 25.2 Å². The number of rotatable bonds is 2. The second-order valence-electron chi connectivity index (χ2n) is 2.94. The first kappa shape index (κ1) is 10.1. The third-order valence-electron chi connectivity index (χ3n) is 1.94. The summed E-state index contributed by atoms with van der Waals surface area (Å²) < 4.78 is 5.09. The van der Waals surface area contributed by atoms with E-state index in [0.29, 0.717) is 17.7 Å². The molecule has 70 valence electrons. The van der Waals surface area contributed by atoms with Crippen LogP contribution in [0.1, 0.15) is 16.7 Å². The first-order valence-corrected chi connectivity index (χ1v) is 4.17. The molecule has 0 unspecified atom stereocenters. The van der Waals surface area contributed by atoms with Crippen molar-refractivity contribution in [2.24, 2.45) is 0 Å². The predicted molar refractivity (Wildman–Crippen MR) is 51.8 cm³/mol. The number of ether oxygens (including phenoxy) is 1. The Hall–Kier alpha value is -2.00. The Balaban J connectivity index is 3.27. The molecular formula is C11H10N2O. The van der Waals surface area contributed by atoms with Crippen LogP contribution >= 0.6 is 0 Å². The lowest BCUT2D eigenvalue weighted by atomic mass is 10.0. The topological polar surface area (TPSA) is 56.8 Å². The van der Waals surface area contributed by atoms with E-state index in [2.05, 4.69) is 6.07 Å². The van der Waals surface area contributed by atoms with Gasteiger partial charge in [-0.1, -0.05) is 6.07 Å². The average molecular weight is 186 g/mol. The van der Waals surface area contributed by atoms with Crippen LogP contribution < -0.4 is 4.74 Å². The fourth-order valence-electron chi connectivity index (χ4n) is 1.40. The molecule has 0 amide bonds. The number of benzene rings is 1. The van der Waals surface area contributed by atoms with Gasteiger partial charge in [-0.15, -0.1) is 0 Å². The summed E-state index contributed by atoms with van der Waals surface area (Å²) in [5.41, 5.74) is 2.22. The van der Waals surface area contributed by atoms with Crippen molar-refractivity contribution in [1.29, 1.82) is 10.5 Å². The zero-order valence-corrected chi connectivity index (χ0v) is 8.16. The predicted octanol–water partition coefficient (Wildman–Crippen LogP) is 1.94. The van der Waals surface area contributed by atoms with Crippen LogP contribution in [0, 0.1) is 29.6 Å². The van der Waals surface area contributed by atoms with Crippen LogP contribution in [0.4, 0.5) is 0 Å². The van der Waals surface area contributed by atoms with Crippen LogP contribution in [0.15, 0.2) is 12.1 Å². The van der Waals surface area contributed by atoms with E-state index >= 15 is 0 Å². The van der Waals surface area contributed by atoms with Crippen LogP contribution in [0.3, 0.4) is 0 Å². The number of hydrogen-bond donors (Lipinski definition) is 0. The monoisotopic (exact) mass is 186 g/mol. The minimum absolute atomic E-state index is 0.319. The van der Waals surface area contributed by atoms with Crippen molar-refractivity contribution in [2.75, 3.05) is 7.11 Å². The van der Waals surface area contributed by atoms with Crippen molar-refractivity contribution in [3.05, 3.63) is 28.8 Å². The smallest absolute Gasteiger partial charge is 0.139 e. The van der Waals surface area contributed by atoms with Crippen molar-refractivity contribution >= 4 is 0 Å². The zero-order chi connectivity index (χ0) is 10.6. The maximum Gasteiger partial charge on any atom is 0.139 e. The Labute approximate surface area is 83.2 Å². The molecule has 1 aromatic carbocycles. The molecule has 0 N–H and O–H groups in total. The summed E-state index contributed by atoms with van der Waals surface area (Å²) >= 11 is 0. The molecule has 0 atom stereocenters. The number of aryl methyl sites for hydroxylation is 1. The highest BCUT2D eigenvalue weighted by Gasteiger charge is 2.07. The van der Waals surface area contributed by atoms with Crippen LogP contribution in [-0.4, -0.2) is 7.11 Å². The van der Waals surface area contributed by atoms with E-state index in [-0.39, 0.29) is 0 Å². The summed E-state index contributed by atoms with van der Waals surface area (Å²) in [6.07, 6.45) is 0.319. The van der Waals surface area contributed by atoms with Crippen molar-refractivity contribution in [3.63, 3.8) is 0 Å². The van der Waals surface area contributed by atoms with Crippen LogP contribution in [0.2, 0.25) is 0 Å². The van der Waals surface area contributed by atoms with E-state index < -0.39 is 0 Å². The highest BCUT2D eigenvalue weighted by Crippen LogP contribution is 2.24. The maximum atomic E-state index is 8.85. The average Bonchev–Trinajstić information content (AvgIpc) is 2.17. The Kier molecular flexibility index (Phi) is 3.09. The molecule has 1 aromatic rings. The van der Waals surface area contributed by atoms with Crippen molar-refractivity contribution < 1.29 is 4.74 Å². The Morgan fingerprint density at radius 1 is 1.36 bits per heavy atom. The van der Waals surface area contributed by atoms with Gasteiger partial charge < -0.3 is 4.74 Å². The normalized spacial score (nSPS) is 8.86. The van der Waals surface area contributed by atoms with Gasteiger partial charge in [-0.05, 0) is 24.1 Å². The highest BCUT2D eigenvalue weighted by atomic mass is 16.5. The molecule has 0 saturated heterocycles. The minimum atomic E-state index is 0.319. The molecule has 0 radical (unpaired) electrons. The van der Waals surface area contributed by atoms with Crippen LogP contribution in [0.5, 0.6) is 5.75 Å². The Bertz CT molecular complexity index is 424. The molecule has 0 saturated carbocycles. The van der Waals surface area contributed by atoms with Gasteiger partial charge in [0, 0.05) is 0 Å². The number of nitriles is 2. The fraction of sp³-hybridized carbons (Fsp3) is 0.273. The largest absolute Gasteiger partial charge is 0.495 e. The number of nitrogens with zero attached hydrogens (tertiary/aromatic N) is 2. The lowest BCUT2D eigenvalue weighted by molar-refractivity contribution is 0.410. The first-order chi connectivity index (χ1) is 6.72. The van der Waals surface area contributed by atoms with Gasteiger partial charge in [0.2, 0.25) is 0 Å². The SMILES string of the molecule is COc1c(C)cc(CC#N)cc1C#N. The molecule has 3 nitrogen and oxygen atoms in total. The molecule has 0 bridgehead atoms. The van der Waals surface area contributed by atoms with Gasteiger partial charge in [-0.2, -0.15) is 10.5 Å². The minimum Gasteiger partial charge on any atom is -0.495 e. The maximum absolute atomic E-state index is 8.85. The van der Waals surface area contributed by atoms with Gasteiger partial charge >= 0.3 is 0 Å². The lowest BCUT2D eigenvalue weighted by Crippen LogP contribution is -1.94. The van der Waals surface area contributed by atoms with E-state index in [1.807, 2.05) is 19.1 Å². The third kappa shape index (κ3) is 1.84. The van der Waals surface area contributed by atoms with Crippen molar-refractivity contribution in [3.8, 4) is 17.9 Å². The van der Waals surface area contributed by atoms with Gasteiger partial charge in [-0.3, -0.25) is 0 Å². The van der Waals surface area contributed by atoms with Crippen molar-refractivity contribution in [1.82, 2.24) is 0 Å². The molecule has 0 aliphatic carbocycles. The van der Waals surface area contributed by atoms with E-state index in [0.717, 1.165) is 11.1 Å². The zero-order valence-electron chi connectivity index (χ0n) is 8.16. The highest BCUT2D eigenvalue weighted by molar-refractivity contribution is 5.50. The molecule has 0 aliphatic heterocycles. The second kappa shape index (κ2) is 4.30. The fourth-order valence-corrected chi connectivity index (χ4v) is 1.40. The number of methoxy groups -OCH3 is 1. The van der Waals surface area contributed by atoms with Gasteiger partial charge in [0.25, 0.3) is 0 Å². The van der Waals surface area contributed by atoms with Crippen LogP contribution in [0.25, 0.3) is 0 Å². The first-order valence-electron chi connectivity index (χ1n) is 4.17. The van der Waals surface area contributed by atoms with Gasteiger partial charge in [0.15, 0.2) is 0 Å². The summed E-state index contributed by atoms with van der Waals surface area (Å²) in [5.74, 6) is 0.592. The molecule has 0 heterocycles. The quantitative estimate of drug-likeness (QED) is 0.709. The molecule has 3 heteroatoms. The van der Waals surface area contributed by atoms with E-state index in [1.54, 1.807) is 6.07 Å². The van der Waals surface area contributed by atoms with Gasteiger partial charge in [0.1, 0.15) is 11.8 Å². The number of hydrogen-bond acceptors (Lipinski definition) is 3. The Morgan fingerprint density at radius 2 is 2.07 bits per heavy atom. The third-order valence-corrected chi connectivity index (χ3v) is 1.94. The summed E-state index contributed by atoms with van der Waals surface area (Å²) in [6, 6.07) is 7.66. The lowest BCUT2D eigenvalue weighted by Gasteiger charge is -2.07. The summed E-state index contributed by atoms with van der Waals surface area (Å²) in [5, 5.41) is 17.4. The van der Waals surface area contributed by atoms with E-state index in [4.69, 9.17) is 15.3 Å². The standard InChI is InChI=1S/C11H10N2O/c1-8-5-9(3-4-12)6-10(7-13)11(8)14-2/h5-6H,3H2,1-2H3. The van der Waals surface area contributed by atoms with E-state index in [9.17, 15) is 0 Å². The second-order valence-corrected chi connectivity index (χ2v) is 2.94. The molecule has 14 heavy (non-hydrogen) atoms. The summed E-state index contributed by atoms with van der Waals surface area (Å²) in [6.45, 7) is 1.86. The molecule has 1 rings (SSSR count). The summed E-state index contributed by atoms with van der Waals surface area (Å²) in [7, 11) is 1.53. The van der Waals surface area contributed by atoms with E-state index in [1.165, 1.54) is 7.11 Å². The van der Waals surface area contributed by atoms with Crippen LogP contribution in [-0.2, 0) is 6.42 Å². The van der Waals surface area contributed by atoms with Crippen molar-refractivity contribution in [2.45, 2.75) is 13.3 Å². The molecule has 0 aromatic heterocycles. The molecule has 0 fully saturated rings.